The van der Waals surface area contributed by atoms with Crippen LogP contribution in [0.25, 0.3) is 0 Å². The minimum absolute atomic E-state index is 0.0270. The Kier molecular flexibility index (Phi) is 83.3. The van der Waals surface area contributed by atoms with Crippen LogP contribution in [0.15, 0.2) is 24.3 Å². The van der Waals surface area contributed by atoms with Gasteiger partial charge in [0, 0.05) is 12.8 Å². The summed E-state index contributed by atoms with van der Waals surface area (Å²) in [6.07, 6.45) is 111. The molecular formula is C89H173NO5. The first-order valence-electron chi connectivity index (χ1n) is 44.1. The van der Waals surface area contributed by atoms with E-state index in [1.165, 1.54) is 443 Å². The number of allylic oxidation sites excluding steroid dienone is 3. The second-order valence-corrected chi connectivity index (χ2v) is 30.6. The summed E-state index contributed by atoms with van der Waals surface area (Å²) >= 11 is 0. The van der Waals surface area contributed by atoms with Crippen LogP contribution >= 0.6 is 0 Å². The van der Waals surface area contributed by atoms with E-state index in [0.29, 0.717) is 19.4 Å². The van der Waals surface area contributed by atoms with Gasteiger partial charge in [-0.2, -0.15) is 0 Å². The van der Waals surface area contributed by atoms with Crippen LogP contribution < -0.4 is 5.32 Å². The maximum absolute atomic E-state index is 12.6. The van der Waals surface area contributed by atoms with E-state index >= 15 is 0 Å². The largest absolute Gasteiger partial charge is 0.466 e. The molecule has 0 aromatic carbocycles. The van der Waals surface area contributed by atoms with Gasteiger partial charge in [0.2, 0.25) is 5.91 Å². The SMILES string of the molecule is CCCCCCCCCCCCCCCCCCCCCCC/C=C/C(O)C(CO)NC(=O)CCCCCCCCCCCCCCCCCCC/C=C\CCCCCCCCCCCCCCCCCCCCOC(=O)CCCCCCCCCCCCCCCCCC. The topological polar surface area (TPSA) is 95.9 Å². The molecule has 0 aromatic heterocycles. The fourth-order valence-corrected chi connectivity index (χ4v) is 14.3. The molecule has 564 valence electrons. The fraction of sp³-hybridized carbons (Fsp3) is 0.933. The van der Waals surface area contributed by atoms with Crippen LogP contribution in [0.5, 0.6) is 0 Å². The number of unbranched alkanes of at least 4 members (excludes halogenated alkanes) is 71. The molecule has 0 fully saturated rings. The van der Waals surface area contributed by atoms with Gasteiger partial charge in [-0.25, -0.2) is 0 Å². The van der Waals surface area contributed by atoms with Crippen molar-refractivity contribution >= 4 is 11.9 Å². The Morgan fingerprint density at radius 2 is 0.495 bits per heavy atom. The van der Waals surface area contributed by atoms with Crippen LogP contribution in [0.2, 0.25) is 0 Å². The number of rotatable bonds is 84. The number of amides is 1. The first kappa shape index (κ1) is 93.3. The number of esters is 1. The molecule has 6 heteroatoms. The maximum Gasteiger partial charge on any atom is 0.305 e. The van der Waals surface area contributed by atoms with Gasteiger partial charge in [-0.1, -0.05) is 462 Å². The molecule has 95 heavy (non-hydrogen) atoms. The lowest BCUT2D eigenvalue weighted by molar-refractivity contribution is -0.143. The van der Waals surface area contributed by atoms with Crippen LogP contribution in [0.1, 0.15) is 508 Å². The van der Waals surface area contributed by atoms with Crippen molar-refractivity contribution in [2.24, 2.45) is 0 Å². The highest BCUT2D eigenvalue weighted by atomic mass is 16.5. The Morgan fingerprint density at radius 3 is 0.747 bits per heavy atom. The van der Waals surface area contributed by atoms with Gasteiger partial charge in [-0.05, 0) is 57.8 Å². The zero-order chi connectivity index (χ0) is 68.4. The lowest BCUT2D eigenvalue weighted by atomic mass is 10.0. The van der Waals surface area contributed by atoms with Crippen LogP contribution in [-0.2, 0) is 14.3 Å². The summed E-state index contributed by atoms with van der Waals surface area (Å²) in [5, 5.41) is 23.3. The van der Waals surface area contributed by atoms with E-state index in [1.54, 1.807) is 6.08 Å². The van der Waals surface area contributed by atoms with E-state index in [2.05, 4.69) is 31.3 Å². The molecule has 6 nitrogen and oxygen atoms in total. The van der Waals surface area contributed by atoms with Gasteiger partial charge in [0.05, 0.1) is 25.4 Å². The highest BCUT2D eigenvalue weighted by Gasteiger charge is 2.18. The number of hydrogen-bond donors (Lipinski definition) is 3. The third-order valence-corrected chi connectivity index (χ3v) is 21.0. The predicted molar refractivity (Wildman–Crippen MR) is 421 cm³/mol. The molecule has 0 rings (SSSR count). The van der Waals surface area contributed by atoms with Crippen LogP contribution in [0, 0.1) is 0 Å². The summed E-state index contributed by atoms with van der Waals surface area (Å²) in [6.45, 7) is 4.97. The van der Waals surface area contributed by atoms with Crippen molar-refractivity contribution in [3.05, 3.63) is 24.3 Å². The number of hydrogen-bond acceptors (Lipinski definition) is 5. The third-order valence-electron chi connectivity index (χ3n) is 21.0. The Morgan fingerprint density at radius 1 is 0.284 bits per heavy atom. The van der Waals surface area contributed by atoms with E-state index in [4.69, 9.17) is 4.74 Å². The van der Waals surface area contributed by atoms with Gasteiger partial charge >= 0.3 is 5.97 Å². The highest BCUT2D eigenvalue weighted by molar-refractivity contribution is 5.76. The Labute approximate surface area is 596 Å². The van der Waals surface area contributed by atoms with Crippen molar-refractivity contribution in [3.63, 3.8) is 0 Å². The van der Waals surface area contributed by atoms with E-state index in [0.717, 1.165) is 38.5 Å². The van der Waals surface area contributed by atoms with Gasteiger partial charge in [0.25, 0.3) is 0 Å². The number of carbonyl (C=O) groups excluding carboxylic acids is 2. The molecule has 0 aliphatic heterocycles. The van der Waals surface area contributed by atoms with Crippen molar-refractivity contribution in [2.75, 3.05) is 13.2 Å². The van der Waals surface area contributed by atoms with E-state index in [9.17, 15) is 19.8 Å². The molecule has 0 aliphatic rings. The number of aliphatic hydroxyl groups excluding tert-OH is 2. The van der Waals surface area contributed by atoms with Crippen molar-refractivity contribution in [1.29, 1.82) is 0 Å². The van der Waals surface area contributed by atoms with Gasteiger partial charge in [0.15, 0.2) is 0 Å². The monoisotopic (exact) mass is 1340 g/mol. The van der Waals surface area contributed by atoms with Crippen LogP contribution in [-0.4, -0.2) is 47.4 Å². The molecule has 3 N–H and O–H groups in total. The third kappa shape index (κ3) is 81.2. The molecule has 1 amide bonds. The predicted octanol–water partition coefficient (Wildman–Crippen LogP) is 29.6. The van der Waals surface area contributed by atoms with Crippen molar-refractivity contribution in [1.82, 2.24) is 5.32 Å². The number of nitrogens with one attached hydrogen (secondary N) is 1. The average Bonchev–Trinajstić information content (AvgIpc) is 2.65. The second kappa shape index (κ2) is 84.8. The molecule has 2 atom stereocenters. The zero-order valence-electron chi connectivity index (χ0n) is 64.9. The highest BCUT2D eigenvalue weighted by Crippen LogP contribution is 2.21. The van der Waals surface area contributed by atoms with Gasteiger partial charge < -0.3 is 20.3 Å². The molecule has 0 spiro atoms. The molecule has 0 radical (unpaired) electrons. The van der Waals surface area contributed by atoms with E-state index in [-0.39, 0.29) is 18.5 Å². The molecule has 0 heterocycles. The lowest BCUT2D eigenvalue weighted by Crippen LogP contribution is -2.45. The first-order valence-corrected chi connectivity index (χ1v) is 44.1. The number of ether oxygens (including phenoxy) is 1. The minimum atomic E-state index is -0.843. The Hall–Kier alpha value is -1.66. The summed E-state index contributed by atoms with van der Waals surface area (Å²) in [4.78, 5) is 24.7. The van der Waals surface area contributed by atoms with Gasteiger partial charge in [0.1, 0.15) is 0 Å². The molecule has 2 unspecified atom stereocenters. The summed E-state index contributed by atoms with van der Waals surface area (Å²) in [5.74, 6) is -0.0309. The fourth-order valence-electron chi connectivity index (χ4n) is 14.3. The quantitative estimate of drug-likeness (QED) is 0.0320. The Balaban J connectivity index is 3.34. The van der Waals surface area contributed by atoms with Gasteiger partial charge in [-0.3, -0.25) is 9.59 Å². The summed E-state index contributed by atoms with van der Waals surface area (Å²) in [6, 6.07) is -0.626. The Bertz CT molecular complexity index is 1500. The number of carbonyl (C=O) groups is 2. The average molecular weight is 1340 g/mol. The van der Waals surface area contributed by atoms with E-state index < -0.39 is 12.1 Å². The standard InChI is InChI=1S/C89H173NO5/c1-3-5-7-9-11-13-15-17-19-21-22-23-41-44-47-50-53-57-61-65-69-73-77-81-87(92)86(85-91)90-88(93)82-78-74-70-66-62-58-54-51-48-45-42-39-37-35-33-31-29-27-25-24-26-28-30-32-34-36-38-40-43-46-49-52-56-60-64-68-72-76-80-84-95-89(94)83-79-75-71-67-63-59-55-20-18-16-14-12-10-8-6-4-2/h24-25,77,81,86-87,91-92H,3-23,26-76,78-80,82-85H2,1-2H3,(H,90,93)/b25-24-,81-77+. The van der Waals surface area contributed by atoms with Crippen LogP contribution in [0.3, 0.4) is 0 Å². The summed E-state index contributed by atoms with van der Waals surface area (Å²) in [7, 11) is 0. The summed E-state index contributed by atoms with van der Waals surface area (Å²) in [5.41, 5.74) is 0. The molecule has 0 aliphatic carbocycles. The number of aliphatic hydroxyl groups is 2. The molecule has 0 saturated carbocycles. The normalized spacial score (nSPS) is 12.5. The molecule has 0 saturated heterocycles. The maximum atomic E-state index is 12.6. The van der Waals surface area contributed by atoms with Crippen molar-refractivity contribution < 1.29 is 24.5 Å². The summed E-state index contributed by atoms with van der Waals surface area (Å²) < 4.78 is 5.52. The second-order valence-electron chi connectivity index (χ2n) is 30.6. The van der Waals surface area contributed by atoms with Crippen molar-refractivity contribution in [3.8, 4) is 0 Å². The first-order chi connectivity index (χ1) is 47.0. The molecular weight excluding hydrogens is 1160 g/mol. The molecule has 0 aromatic rings. The van der Waals surface area contributed by atoms with E-state index in [1.807, 2.05) is 6.08 Å². The van der Waals surface area contributed by atoms with Gasteiger partial charge in [-0.15, -0.1) is 0 Å². The van der Waals surface area contributed by atoms with Crippen LogP contribution in [0.4, 0.5) is 0 Å². The smallest absolute Gasteiger partial charge is 0.305 e. The lowest BCUT2D eigenvalue weighted by Gasteiger charge is -2.20. The molecule has 0 bridgehead atoms. The minimum Gasteiger partial charge on any atom is -0.466 e. The zero-order valence-corrected chi connectivity index (χ0v) is 64.9. The van der Waals surface area contributed by atoms with Crippen molar-refractivity contribution in [2.45, 2.75) is 520 Å².